The van der Waals surface area contributed by atoms with Crippen molar-refractivity contribution in [2.24, 2.45) is 0 Å². The second-order valence-corrected chi connectivity index (χ2v) is 8.39. The first-order valence-electron chi connectivity index (χ1n) is 11.3. The SMILES string of the molecule is CCOCCCn1c(SCC(=O)Nc2ccccc2OCC)nc2c(oc3ccccc32)c1=O. The number of aromatic nitrogens is 2. The third-order valence-corrected chi connectivity index (χ3v) is 6.09. The van der Waals surface area contributed by atoms with Crippen LogP contribution in [0.3, 0.4) is 0 Å². The van der Waals surface area contributed by atoms with Crippen molar-refractivity contribution in [3.05, 3.63) is 58.9 Å². The number of hydrogen-bond acceptors (Lipinski definition) is 7. The van der Waals surface area contributed by atoms with Crippen LogP contribution in [0, 0.1) is 0 Å². The summed E-state index contributed by atoms with van der Waals surface area (Å²) in [5.41, 5.74) is 1.68. The molecule has 1 N–H and O–H groups in total. The van der Waals surface area contributed by atoms with Crippen LogP contribution in [-0.4, -0.2) is 41.0 Å². The van der Waals surface area contributed by atoms with Crippen molar-refractivity contribution in [2.45, 2.75) is 32.0 Å². The minimum absolute atomic E-state index is 0.0830. The van der Waals surface area contributed by atoms with Crippen LogP contribution in [0.5, 0.6) is 5.75 Å². The van der Waals surface area contributed by atoms with E-state index in [2.05, 4.69) is 5.32 Å². The summed E-state index contributed by atoms with van der Waals surface area (Å²) in [7, 11) is 0. The molecule has 1 amide bonds. The van der Waals surface area contributed by atoms with Gasteiger partial charge >= 0.3 is 0 Å². The summed E-state index contributed by atoms with van der Waals surface area (Å²) in [5.74, 6) is 0.477. The Morgan fingerprint density at radius 1 is 1.12 bits per heavy atom. The largest absolute Gasteiger partial charge is 0.492 e. The topological polar surface area (TPSA) is 95.6 Å². The van der Waals surface area contributed by atoms with Crippen molar-refractivity contribution in [2.75, 3.05) is 30.9 Å². The minimum Gasteiger partial charge on any atom is -0.492 e. The van der Waals surface area contributed by atoms with Gasteiger partial charge in [-0.15, -0.1) is 0 Å². The smallest absolute Gasteiger partial charge is 0.297 e. The summed E-state index contributed by atoms with van der Waals surface area (Å²) in [5, 5.41) is 4.12. The van der Waals surface area contributed by atoms with Crippen LogP contribution in [0.15, 0.2) is 62.9 Å². The van der Waals surface area contributed by atoms with Crippen molar-refractivity contribution in [3.8, 4) is 5.75 Å². The molecule has 0 fully saturated rings. The van der Waals surface area contributed by atoms with Crippen molar-refractivity contribution < 1.29 is 18.7 Å². The number of nitrogens with one attached hydrogen (secondary N) is 1. The van der Waals surface area contributed by atoms with E-state index in [1.54, 1.807) is 10.6 Å². The molecule has 0 unspecified atom stereocenters. The number of furan rings is 1. The summed E-state index contributed by atoms with van der Waals surface area (Å²) in [6, 6.07) is 14.7. The molecule has 178 valence electrons. The summed E-state index contributed by atoms with van der Waals surface area (Å²) >= 11 is 1.21. The monoisotopic (exact) mass is 481 g/mol. The average Bonchev–Trinajstić information content (AvgIpc) is 3.22. The molecule has 2 aromatic carbocycles. The van der Waals surface area contributed by atoms with Crippen molar-refractivity contribution in [1.29, 1.82) is 0 Å². The Labute approximate surface area is 201 Å². The molecular weight excluding hydrogens is 454 g/mol. The molecule has 2 heterocycles. The molecule has 0 atom stereocenters. The number of nitrogens with zero attached hydrogens (tertiary/aromatic N) is 2. The highest BCUT2D eigenvalue weighted by Gasteiger charge is 2.19. The number of ether oxygens (including phenoxy) is 2. The molecule has 4 rings (SSSR count). The maximum absolute atomic E-state index is 13.3. The van der Waals surface area contributed by atoms with Crippen molar-refractivity contribution in [3.63, 3.8) is 0 Å². The number of hydrogen-bond donors (Lipinski definition) is 1. The highest BCUT2D eigenvalue weighted by Crippen LogP contribution is 2.28. The average molecular weight is 482 g/mol. The summed E-state index contributed by atoms with van der Waals surface area (Å²) in [6.07, 6.45) is 0.642. The summed E-state index contributed by atoms with van der Waals surface area (Å²) in [4.78, 5) is 30.8. The van der Waals surface area contributed by atoms with Gasteiger partial charge in [0.1, 0.15) is 16.8 Å². The lowest BCUT2D eigenvalue weighted by Crippen LogP contribution is -2.24. The Morgan fingerprint density at radius 2 is 1.91 bits per heavy atom. The maximum Gasteiger partial charge on any atom is 0.297 e. The fourth-order valence-corrected chi connectivity index (χ4v) is 4.42. The Hall–Kier alpha value is -3.30. The van der Waals surface area contributed by atoms with Crippen LogP contribution in [0.1, 0.15) is 20.3 Å². The van der Waals surface area contributed by atoms with Gasteiger partial charge < -0.3 is 19.2 Å². The predicted octanol–water partition coefficient (Wildman–Crippen LogP) is 4.70. The zero-order valence-electron chi connectivity index (χ0n) is 19.2. The number of benzene rings is 2. The molecule has 4 aromatic rings. The zero-order chi connectivity index (χ0) is 23.9. The van der Waals surface area contributed by atoms with Gasteiger partial charge in [0, 0.05) is 25.1 Å². The molecule has 0 bridgehead atoms. The van der Waals surface area contributed by atoms with Gasteiger partial charge in [-0.1, -0.05) is 36.0 Å². The van der Waals surface area contributed by atoms with Crippen LogP contribution in [0.4, 0.5) is 5.69 Å². The van der Waals surface area contributed by atoms with E-state index in [9.17, 15) is 9.59 Å². The van der Waals surface area contributed by atoms with Crippen LogP contribution in [0.25, 0.3) is 22.1 Å². The van der Waals surface area contributed by atoms with E-state index >= 15 is 0 Å². The number of rotatable bonds is 11. The van der Waals surface area contributed by atoms with Gasteiger partial charge in [-0.3, -0.25) is 14.2 Å². The Kier molecular flexibility index (Phi) is 7.87. The number of thioether (sulfide) groups is 1. The van der Waals surface area contributed by atoms with Crippen LogP contribution in [-0.2, 0) is 16.1 Å². The quantitative estimate of drug-likeness (QED) is 0.188. The number of fused-ring (bicyclic) bond motifs is 3. The molecule has 0 saturated carbocycles. The third kappa shape index (κ3) is 5.26. The zero-order valence-corrected chi connectivity index (χ0v) is 20.0. The normalized spacial score (nSPS) is 11.2. The molecular formula is C25H27N3O5S. The fourth-order valence-electron chi connectivity index (χ4n) is 3.60. The molecule has 0 saturated heterocycles. The van der Waals surface area contributed by atoms with E-state index in [0.29, 0.717) is 60.5 Å². The van der Waals surface area contributed by atoms with E-state index in [0.717, 1.165) is 5.39 Å². The van der Waals surface area contributed by atoms with Gasteiger partial charge in [0.25, 0.3) is 5.56 Å². The van der Waals surface area contributed by atoms with Gasteiger partial charge in [-0.05, 0) is 44.5 Å². The number of anilines is 1. The summed E-state index contributed by atoms with van der Waals surface area (Å²) in [6.45, 7) is 5.87. The Morgan fingerprint density at radius 3 is 2.74 bits per heavy atom. The molecule has 2 aromatic heterocycles. The van der Waals surface area contributed by atoms with Gasteiger partial charge in [0.2, 0.25) is 11.5 Å². The van der Waals surface area contributed by atoms with Crippen molar-refractivity contribution in [1.82, 2.24) is 9.55 Å². The molecule has 9 heteroatoms. The minimum atomic E-state index is -0.262. The number of carbonyl (C=O) groups is 1. The molecule has 0 radical (unpaired) electrons. The maximum atomic E-state index is 13.3. The fraction of sp³-hybridized carbons (Fsp3) is 0.320. The van der Waals surface area contributed by atoms with Gasteiger partial charge in [-0.25, -0.2) is 4.98 Å². The van der Waals surface area contributed by atoms with Gasteiger partial charge in [0.15, 0.2) is 5.16 Å². The lowest BCUT2D eigenvalue weighted by molar-refractivity contribution is -0.113. The molecule has 0 aliphatic rings. The van der Waals surface area contributed by atoms with Gasteiger partial charge in [0.05, 0.1) is 18.0 Å². The molecule has 0 aliphatic heterocycles. The molecule has 34 heavy (non-hydrogen) atoms. The highest BCUT2D eigenvalue weighted by atomic mass is 32.2. The standard InChI is InChI=1S/C25H27N3O5S/c1-3-31-15-9-14-28-24(30)23-22(17-10-5-7-12-19(17)33-23)27-25(28)34-16-21(29)26-18-11-6-8-13-20(18)32-4-2/h5-8,10-13H,3-4,9,14-16H2,1-2H3,(H,26,29). The molecule has 8 nitrogen and oxygen atoms in total. The second-order valence-electron chi connectivity index (χ2n) is 7.44. The lowest BCUT2D eigenvalue weighted by Gasteiger charge is -2.13. The van der Waals surface area contributed by atoms with E-state index in [1.807, 2.05) is 56.3 Å². The predicted molar refractivity (Wildman–Crippen MR) is 134 cm³/mol. The first-order valence-corrected chi connectivity index (χ1v) is 12.2. The molecule has 0 spiro atoms. The van der Waals surface area contributed by atoms with Crippen LogP contribution in [0.2, 0.25) is 0 Å². The Balaban J connectivity index is 1.60. The number of amides is 1. The summed E-state index contributed by atoms with van der Waals surface area (Å²) < 4.78 is 18.4. The number of para-hydroxylation sites is 3. The van der Waals surface area contributed by atoms with E-state index in [4.69, 9.17) is 18.9 Å². The van der Waals surface area contributed by atoms with Crippen LogP contribution >= 0.6 is 11.8 Å². The lowest BCUT2D eigenvalue weighted by atomic mass is 10.2. The van der Waals surface area contributed by atoms with Crippen molar-refractivity contribution >= 4 is 45.4 Å². The molecule has 0 aliphatic carbocycles. The highest BCUT2D eigenvalue weighted by molar-refractivity contribution is 7.99. The van der Waals surface area contributed by atoms with E-state index in [1.165, 1.54) is 11.8 Å². The Bertz CT molecular complexity index is 1350. The van der Waals surface area contributed by atoms with E-state index < -0.39 is 0 Å². The van der Waals surface area contributed by atoms with E-state index in [-0.39, 0.29) is 22.8 Å². The second kappa shape index (κ2) is 11.2. The first kappa shape index (κ1) is 23.8. The van der Waals surface area contributed by atoms with Crippen LogP contribution < -0.4 is 15.6 Å². The first-order chi connectivity index (χ1) is 16.6. The third-order valence-electron chi connectivity index (χ3n) is 5.11. The van der Waals surface area contributed by atoms with Gasteiger partial charge in [-0.2, -0.15) is 0 Å². The number of carbonyl (C=O) groups excluding carboxylic acids is 1.